The fourth-order valence-corrected chi connectivity index (χ4v) is 4.04. The van der Waals surface area contributed by atoms with Crippen LogP contribution in [0.25, 0.3) is 0 Å². The van der Waals surface area contributed by atoms with Gasteiger partial charge in [-0.3, -0.25) is 14.8 Å². The van der Waals surface area contributed by atoms with Crippen molar-refractivity contribution in [1.82, 2.24) is 20.0 Å². The second kappa shape index (κ2) is 7.64. The molecule has 28 heavy (non-hydrogen) atoms. The number of likely N-dealkylation sites (N-methyl/N-ethyl adjacent to an activating group) is 1. The van der Waals surface area contributed by atoms with Crippen LogP contribution in [-0.4, -0.2) is 56.7 Å². The molecule has 2 N–H and O–H groups in total. The van der Waals surface area contributed by atoms with Crippen LogP contribution in [0.15, 0.2) is 30.3 Å². The van der Waals surface area contributed by atoms with Crippen LogP contribution < -0.4 is 0 Å². The summed E-state index contributed by atoms with van der Waals surface area (Å²) in [6, 6.07) is 8.53. The summed E-state index contributed by atoms with van der Waals surface area (Å²) in [4.78, 5) is 16.5. The van der Waals surface area contributed by atoms with Crippen LogP contribution in [-0.2, 0) is 17.9 Å². The normalized spacial score (nSPS) is 22.9. The van der Waals surface area contributed by atoms with Gasteiger partial charge >= 0.3 is 0 Å². The van der Waals surface area contributed by atoms with E-state index in [0.717, 1.165) is 11.4 Å². The summed E-state index contributed by atoms with van der Waals surface area (Å²) in [6.07, 6.45) is 3.51. The fourth-order valence-electron chi connectivity index (χ4n) is 4.04. The number of nitrogens with one attached hydrogen (secondary N) is 1. The zero-order chi connectivity index (χ0) is 19.7. The van der Waals surface area contributed by atoms with E-state index >= 15 is 0 Å². The van der Waals surface area contributed by atoms with Gasteiger partial charge < -0.3 is 10.0 Å². The van der Waals surface area contributed by atoms with E-state index in [9.17, 15) is 14.3 Å². The molecule has 0 radical (unpaired) electrons. The summed E-state index contributed by atoms with van der Waals surface area (Å²) in [5.74, 6) is -0.0595. The van der Waals surface area contributed by atoms with E-state index in [1.807, 2.05) is 11.9 Å². The summed E-state index contributed by atoms with van der Waals surface area (Å²) < 4.78 is 14.0. The van der Waals surface area contributed by atoms with Gasteiger partial charge in [0.1, 0.15) is 5.82 Å². The SMILES string of the molecule is CN(Cc1cc(C2CC2)n[nH]1)CC1(O)CCCN(Cc2ccccc2F)C1=O. The molecule has 150 valence electrons. The molecule has 1 aliphatic heterocycles. The zero-order valence-electron chi connectivity index (χ0n) is 16.2. The number of hydrogen-bond acceptors (Lipinski definition) is 4. The average molecular weight is 386 g/mol. The van der Waals surface area contributed by atoms with Crippen molar-refractivity contribution in [2.45, 2.75) is 50.3 Å². The highest BCUT2D eigenvalue weighted by Gasteiger charge is 2.43. The smallest absolute Gasteiger partial charge is 0.256 e. The van der Waals surface area contributed by atoms with Crippen LogP contribution in [0.2, 0.25) is 0 Å². The number of aromatic nitrogens is 2. The fraction of sp³-hybridized carbons (Fsp3) is 0.524. The zero-order valence-corrected chi connectivity index (χ0v) is 16.2. The van der Waals surface area contributed by atoms with E-state index < -0.39 is 5.60 Å². The van der Waals surface area contributed by atoms with E-state index in [2.05, 4.69) is 16.3 Å². The largest absolute Gasteiger partial charge is 0.379 e. The van der Waals surface area contributed by atoms with Crippen LogP contribution in [0.3, 0.4) is 0 Å². The summed E-state index contributed by atoms with van der Waals surface area (Å²) in [6.45, 7) is 1.54. The molecule has 2 aromatic rings. The number of rotatable bonds is 7. The van der Waals surface area contributed by atoms with Gasteiger partial charge in [-0.15, -0.1) is 0 Å². The molecule has 1 amide bonds. The van der Waals surface area contributed by atoms with E-state index in [0.29, 0.717) is 37.4 Å². The molecule has 7 heteroatoms. The van der Waals surface area contributed by atoms with Gasteiger partial charge in [-0.2, -0.15) is 5.10 Å². The van der Waals surface area contributed by atoms with Crippen molar-refractivity contribution in [3.8, 4) is 0 Å². The van der Waals surface area contributed by atoms with Crippen LogP contribution in [0, 0.1) is 5.82 Å². The molecule has 4 rings (SSSR count). The molecule has 1 aromatic heterocycles. The van der Waals surface area contributed by atoms with Crippen molar-refractivity contribution < 1.29 is 14.3 Å². The Labute approximate surface area is 164 Å². The van der Waals surface area contributed by atoms with E-state index in [-0.39, 0.29) is 24.8 Å². The Morgan fingerprint density at radius 1 is 1.39 bits per heavy atom. The maximum atomic E-state index is 14.0. The first-order valence-electron chi connectivity index (χ1n) is 9.92. The number of nitrogens with zero attached hydrogens (tertiary/aromatic N) is 3. The number of hydrogen-bond donors (Lipinski definition) is 2. The minimum absolute atomic E-state index is 0.183. The lowest BCUT2D eigenvalue weighted by Crippen LogP contribution is -2.57. The van der Waals surface area contributed by atoms with Gasteiger partial charge in [-0.1, -0.05) is 18.2 Å². The van der Waals surface area contributed by atoms with E-state index in [4.69, 9.17) is 0 Å². The molecule has 1 saturated carbocycles. The second-order valence-electron chi connectivity index (χ2n) is 8.22. The lowest BCUT2D eigenvalue weighted by atomic mass is 9.90. The quantitative estimate of drug-likeness (QED) is 0.767. The Morgan fingerprint density at radius 2 is 2.18 bits per heavy atom. The Balaban J connectivity index is 1.39. The molecule has 1 aliphatic carbocycles. The van der Waals surface area contributed by atoms with Crippen molar-refractivity contribution in [2.24, 2.45) is 0 Å². The molecule has 6 nitrogen and oxygen atoms in total. The number of aromatic amines is 1. The molecular formula is C21H27FN4O2. The number of aliphatic hydroxyl groups is 1. The Kier molecular flexibility index (Phi) is 5.21. The molecule has 1 unspecified atom stereocenters. The average Bonchev–Trinajstić information content (AvgIpc) is 3.41. The van der Waals surface area contributed by atoms with Gasteiger partial charge in [-0.05, 0) is 44.9 Å². The summed E-state index contributed by atoms with van der Waals surface area (Å²) in [7, 11) is 1.89. The third kappa shape index (κ3) is 4.10. The topological polar surface area (TPSA) is 72.5 Å². The van der Waals surface area contributed by atoms with Gasteiger partial charge in [-0.25, -0.2) is 4.39 Å². The molecular weight excluding hydrogens is 359 g/mol. The summed E-state index contributed by atoms with van der Waals surface area (Å²) in [5, 5.41) is 18.5. The highest BCUT2D eigenvalue weighted by Crippen LogP contribution is 2.39. The minimum Gasteiger partial charge on any atom is -0.379 e. The van der Waals surface area contributed by atoms with E-state index in [1.165, 1.54) is 18.9 Å². The molecule has 1 saturated heterocycles. The lowest BCUT2D eigenvalue weighted by molar-refractivity contribution is -0.160. The minimum atomic E-state index is -1.45. The van der Waals surface area contributed by atoms with Gasteiger partial charge in [0.15, 0.2) is 5.60 Å². The number of benzene rings is 1. The number of carbonyl (C=O) groups excluding carboxylic acids is 1. The van der Waals surface area contributed by atoms with Crippen LogP contribution in [0.5, 0.6) is 0 Å². The first kappa shape index (κ1) is 19.1. The van der Waals surface area contributed by atoms with Crippen molar-refractivity contribution in [2.75, 3.05) is 20.1 Å². The highest BCUT2D eigenvalue weighted by atomic mass is 19.1. The van der Waals surface area contributed by atoms with Crippen molar-refractivity contribution >= 4 is 5.91 Å². The molecule has 1 atom stereocenters. The number of halogens is 1. The van der Waals surface area contributed by atoms with Crippen LogP contribution in [0.1, 0.15) is 48.6 Å². The molecule has 2 fully saturated rings. The Bertz CT molecular complexity index is 850. The van der Waals surface area contributed by atoms with Gasteiger partial charge in [0, 0.05) is 43.4 Å². The maximum absolute atomic E-state index is 14.0. The number of carbonyl (C=O) groups is 1. The van der Waals surface area contributed by atoms with Crippen LogP contribution in [0.4, 0.5) is 4.39 Å². The molecule has 1 aromatic carbocycles. The van der Waals surface area contributed by atoms with Crippen molar-refractivity contribution in [1.29, 1.82) is 0 Å². The number of piperidine rings is 1. The summed E-state index contributed by atoms with van der Waals surface area (Å²) >= 11 is 0. The Hall–Kier alpha value is -2.25. The number of likely N-dealkylation sites (tertiary alicyclic amines) is 1. The molecule has 0 bridgehead atoms. The second-order valence-corrected chi connectivity index (χ2v) is 8.22. The maximum Gasteiger partial charge on any atom is 0.256 e. The molecule has 2 aliphatic rings. The highest BCUT2D eigenvalue weighted by molar-refractivity contribution is 5.86. The van der Waals surface area contributed by atoms with Crippen molar-refractivity contribution in [3.63, 3.8) is 0 Å². The standard InChI is InChI=1S/C21H27FN4O2/c1-25(13-17-11-19(24-23-17)15-7-8-15)14-21(28)9-4-10-26(20(21)27)12-16-5-2-3-6-18(16)22/h2-3,5-6,11,15,28H,4,7-10,12-14H2,1H3,(H,23,24). The predicted octanol–water partition coefficient (Wildman–Crippen LogP) is 2.41. The summed E-state index contributed by atoms with van der Waals surface area (Å²) in [5.41, 5.74) is 1.11. The predicted molar refractivity (Wildman–Crippen MR) is 103 cm³/mol. The first-order valence-corrected chi connectivity index (χ1v) is 9.92. The third-order valence-electron chi connectivity index (χ3n) is 5.64. The third-order valence-corrected chi connectivity index (χ3v) is 5.64. The van der Waals surface area contributed by atoms with Crippen LogP contribution >= 0.6 is 0 Å². The molecule has 2 heterocycles. The molecule has 0 spiro atoms. The number of H-pyrrole nitrogens is 1. The van der Waals surface area contributed by atoms with E-state index in [1.54, 1.807) is 23.1 Å². The Morgan fingerprint density at radius 3 is 2.93 bits per heavy atom. The van der Waals surface area contributed by atoms with Gasteiger partial charge in [0.05, 0.1) is 5.69 Å². The monoisotopic (exact) mass is 386 g/mol. The first-order chi connectivity index (χ1) is 13.4. The van der Waals surface area contributed by atoms with Gasteiger partial charge in [0.2, 0.25) is 0 Å². The van der Waals surface area contributed by atoms with Crippen molar-refractivity contribution in [3.05, 3.63) is 53.1 Å². The van der Waals surface area contributed by atoms with Gasteiger partial charge in [0.25, 0.3) is 5.91 Å². The lowest BCUT2D eigenvalue weighted by Gasteiger charge is -2.40. The number of amides is 1.